The monoisotopic (exact) mass is 313 g/mol. The average Bonchev–Trinajstić information content (AvgIpc) is 2.76. The Morgan fingerprint density at radius 3 is 2.88 bits per heavy atom. The van der Waals surface area contributed by atoms with Gasteiger partial charge < -0.3 is 5.32 Å². The summed E-state index contributed by atoms with van der Waals surface area (Å²) in [5.41, 5.74) is 1.56. The van der Waals surface area contributed by atoms with Crippen molar-refractivity contribution in [3.8, 4) is 0 Å². The zero-order valence-corrected chi connectivity index (χ0v) is 11.1. The number of amides is 1. The molecule has 0 saturated heterocycles. The van der Waals surface area contributed by atoms with E-state index in [4.69, 9.17) is 0 Å². The summed E-state index contributed by atoms with van der Waals surface area (Å²) < 4.78 is 13.3. The van der Waals surface area contributed by atoms with E-state index in [1.54, 1.807) is 17.4 Å². The number of hydrogen-bond donors (Lipinski definition) is 1. The number of anilines is 1. The molecule has 0 radical (unpaired) electrons. The van der Waals surface area contributed by atoms with Gasteiger partial charge in [0.25, 0.3) is 0 Å². The summed E-state index contributed by atoms with van der Waals surface area (Å²) in [5, 5.41) is 6.58. The third kappa shape index (κ3) is 3.38. The van der Waals surface area contributed by atoms with Gasteiger partial charge in [-0.25, -0.2) is 4.39 Å². The topological polar surface area (TPSA) is 29.1 Å². The predicted octanol–water partition coefficient (Wildman–Crippen LogP) is 3.83. The summed E-state index contributed by atoms with van der Waals surface area (Å²) in [6.45, 7) is 0. The number of halogens is 2. The third-order valence-electron chi connectivity index (χ3n) is 2.15. The maximum atomic E-state index is 13.0. The molecule has 0 atom stereocenters. The Hall–Kier alpha value is -1.20. The first kappa shape index (κ1) is 12.3. The van der Waals surface area contributed by atoms with Crippen LogP contribution < -0.4 is 5.32 Å². The van der Waals surface area contributed by atoms with Crippen molar-refractivity contribution < 1.29 is 9.18 Å². The standard InChI is InChI=1S/C12H9BrFNOS/c13-10-6-9(1-2-11(10)14)15-12(16)5-8-3-4-17-7-8/h1-4,6-7H,5H2,(H,15,16). The summed E-state index contributed by atoms with van der Waals surface area (Å²) in [6.07, 6.45) is 0.332. The van der Waals surface area contributed by atoms with Crippen LogP contribution in [-0.4, -0.2) is 5.91 Å². The SMILES string of the molecule is O=C(Cc1ccsc1)Nc1ccc(F)c(Br)c1. The lowest BCUT2D eigenvalue weighted by atomic mass is 10.2. The van der Waals surface area contributed by atoms with Crippen LogP contribution in [0.5, 0.6) is 0 Å². The molecule has 0 unspecified atom stereocenters. The lowest BCUT2D eigenvalue weighted by molar-refractivity contribution is -0.115. The molecule has 1 aromatic heterocycles. The van der Waals surface area contributed by atoms with Crippen LogP contribution in [0.1, 0.15) is 5.56 Å². The van der Waals surface area contributed by atoms with E-state index in [2.05, 4.69) is 21.2 Å². The molecule has 0 fully saturated rings. The van der Waals surface area contributed by atoms with Gasteiger partial charge in [0, 0.05) is 5.69 Å². The third-order valence-corrected chi connectivity index (χ3v) is 3.49. The molecular weight excluding hydrogens is 305 g/mol. The molecule has 1 aromatic carbocycles. The summed E-state index contributed by atoms with van der Waals surface area (Å²) in [4.78, 5) is 11.7. The zero-order chi connectivity index (χ0) is 12.3. The molecule has 88 valence electrons. The van der Waals surface area contributed by atoms with Gasteiger partial charge in [-0.1, -0.05) is 0 Å². The van der Waals surface area contributed by atoms with Gasteiger partial charge in [-0.3, -0.25) is 4.79 Å². The van der Waals surface area contributed by atoms with Crippen molar-refractivity contribution in [2.24, 2.45) is 0 Å². The zero-order valence-electron chi connectivity index (χ0n) is 8.74. The maximum absolute atomic E-state index is 13.0. The molecule has 17 heavy (non-hydrogen) atoms. The average molecular weight is 314 g/mol. The Kier molecular flexibility index (Phi) is 3.91. The summed E-state index contributed by atoms with van der Waals surface area (Å²) >= 11 is 4.63. The molecule has 1 N–H and O–H groups in total. The van der Waals surface area contributed by atoms with Crippen LogP contribution in [0, 0.1) is 5.82 Å². The molecule has 0 saturated carbocycles. The molecule has 2 aromatic rings. The van der Waals surface area contributed by atoms with Crippen LogP contribution in [-0.2, 0) is 11.2 Å². The van der Waals surface area contributed by atoms with E-state index in [1.807, 2.05) is 16.8 Å². The normalized spacial score (nSPS) is 10.2. The number of hydrogen-bond acceptors (Lipinski definition) is 2. The second-order valence-electron chi connectivity index (χ2n) is 3.49. The van der Waals surface area contributed by atoms with Gasteiger partial charge >= 0.3 is 0 Å². The first-order valence-electron chi connectivity index (χ1n) is 4.91. The van der Waals surface area contributed by atoms with Crippen molar-refractivity contribution in [3.63, 3.8) is 0 Å². The molecule has 0 aliphatic rings. The number of thiophene rings is 1. The number of carbonyl (C=O) groups is 1. The van der Waals surface area contributed by atoms with Crippen LogP contribution in [0.15, 0.2) is 39.5 Å². The van der Waals surface area contributed by atoms with Crippen LogP contribution >= 0.6 is 27.3 Å². The van der Waals surface area contributed by atoms with Gasteiger partial charge in [0.05, 0.1) is 10.9 Å². The van der Waals surface area contributed by atoms with E-state index in [-0.39, 0.29) is 11.7 Å². The highest BCUT2D eigenvalue weighted by Gasteiger charge is 2.06. The Morgan fingerprint density at radius 1 is 1.41 bits per heavy atom. The van der Waals surface area contributed by atoms with E-state index < -0.39 is 0 Å². The Morgan fingerprint density at radius 2 is 2.24 bits per heavy atom. The highest BCUT2D eigenvalue weighted by Crippen LogP contribution is 2.20. The minimum atomic E-state index is -0.346. The highest BCUT2D eigenvalue weighted by molar-refractivity contribution is 9.10. The highest BCUT2D eigenvalue weighted by atomic mass is 79.9. The number of carbonyl (C=O) groups excluding carboxylic acids is 1. The molecule has 0 aliphatic heterocycles. The molecule has 5 heteroatoms. The van der Waals surface area contributed by atoms with E-state index in [9.17, 15) is 9.18 Å². The Balaban J connectivity index is 2.00. The Bertz CT molecular complexity index is 527. The quantitative estimate of drug-likeness (QED) is 0.916. The van der Waals surface area contributed by atoms with Crippen LogP contribution in [0.3, 0.4) is 0 Å². The number of rotatable bonds is 3. The van der Waals surface area contributed by atoms with E-state index in [0.717, 1.165) is 5.56 Å². The van der Waals surface area contributed by atoms with Gasteiger partial charge in [0.1, 0.15) is 5.82 Å². The number of benzene rings is 1. The molecule has 2 nitrogen and oxygen atoms in total. The lowest BCUT2D eigenvalue weighted by Crippen LogP contribution is -2.13. The van der Waals surface area contributed by atoms with Gasteiger partial charge in [-0.05, 0) is 56.5 Å². The number of nitrogens with one attached hydrogen (secondary N) is 1. The minimum absolute atomic E-state index is 0.109. The van der Waals surface area contributed by atoms with Crippen LogP contribution in [0.25, 0.3) is 0 Å². The van der Waals surface area contributed by atoms with E-state index in [1.165, 1.54) is 12.1 Å². The van der Waals surface area contributed by atoms with Gasteiger partial charge in [-0.15, -0.1) is 0 Å². The minimum Gasteiger partial charge on any atom is -0.326 e. The fourth-order valence-electron chi connectivity index (χ4n) is 1.36. The predicted molar refractivity (Wildman–Crippen MR) is 70.8 cm³/mol. The van der Waals surface area contributed by atoms with Crippen molar-refractivity contribution in [2.75, 3.05) is 5.32 Å². The first-order valence-corrected chi connectivity index (χ1v) is 6.65. The molecule has 0 bridgehead atoms. The lowest BCUT2D eigenvalue weighted by Gasteiger charge is -2.05. The molecule has 2 rings (SSSR count). The maximum Gasteiger partial charge on any atom is 0.228 e. The van der Waals surface area contributed by atoms with Gasteiger partial charge in [-0.2, -0.15) is 11.3 Å². The van der Waals surface area contributed by atoms with Crippen molar-refractivity contribution in [1.82, 2.24) is 0 Å². The van der Waals surface area contributed by atoms with Crippen LogP contribution in [0.2, 0.25) is 0 Å². The molecular formula is C12H9BrFNOS. The fourth-order valence-corrected chi connectivity index (χ4v) is 2.41. The van der Waals surface area contributed by atoms with Crippen molar-refractivity contribution >= 4 is 38.9 Å². The summed E-state index contributed by atoms with van der Waals surface area (Å²) in [5.74, 6) is -0.456. The first-order chi connectivity index (χ1) is 8.15. The van der Waals surface area contributed by atoms with E-state index in [0.29, 0.717) is 16.6 Å². The van der Waals surface area contributed by atoms with Crippen LogP contribution in [0.4, 0.5) is 10.1 Å². The van der Waals surface area contributed by atoms with Gasteiger partial charge in [0.15, 0.2) is 0 Å². The molecule has 0 spiro atoms. The Labute approximate surface area is 111 Å². The second-order valence-corrected chi connectivity index (χ2v) is 5.12. The smallest absolute Gasteiger partial charge is 0.228 e. The van der Waals surface area contributed by atoms with Crippen molar-refractivity contribution in [3.05, 3.63) is 50.9 Å². The fraction of sp³-hybridized carbons (Fsp3) is 0.0833. The molecule has 1 amide bonds. The molecule has 0 aliphatic carbocycles. The van der Waals surface area contributed by atoms with Gasteiger partial charge in [0.2, 0.25) is 5.91 Å². The second kappa shape index (κ2) is 5.42. The van der Waals surface area contributed by atoms with Crippen molar-refractivity contribution in [2.45, 2.75) is 6.42 Å². The van der Waals surface area contributed by atoms with Crippen molar-refractivity contribution in [1.29, 1.82) is 0 Å². The summed E-state index contributed by atoms with van der Waals surface area (Å²) in [7, 11) is 0. The largest absolute Gasteiger partial charge is 0.326 e. The summed E-state index contributed by atoms with van der Waals surface area (Å²) in [6, 6.07) is 6.29. The van der Waals surface area contributed by atoms with E-state index >= 15 is 0 Å². The molecule has 1 heterocycles.